The second-order valence-electron chi connectivity index (χ2n) is 6.70. The molecule has 0 radical (unpaired) electrons. The molecule has 2 aromatic heterocycles. The van der Waals surface area contributed by atoms with Crippen molar-refractivity contribution in [1.82, 2.24) is 20.1 Å². The number of hydrogen-bond acceptors (Lipinski definition) is 4. The number of carbonyl (C=O) groups is 1. The van der Waals surface area contributed by atoms with Gasteiger partial charge in [-0.15, -0.1) is 0 Å². The minimum atomic E-state index is -4.49. The van der Waals surface area contributed by atoms with Crippen molar-refractivity contribution < 1.29 is 22.4 Å². The number of carbonyl (C=O) groups excluding carboxylic acids is 1. The number of rotatable bonds is 3. The topological polar surface area (TPSA) is 73.0 Å². The van der Waals surface area contributed by atoms with Gasteiger partial charge in [-0.3, -0.25) is 9.48 Å². The molecule has 28 heavy (non-hydrogen) atoms. The van der Waals surface area contributed by atoms with Crippen LogP contribution in [-0.2, 0) is 19.6 Å². The Balaban J connectivity index is 1.61. The number of benzene rings is 1. The highest BCUT2D eigenvalue weighted by Crippen LogP contribution is 2.34. The average molecular weight is 390 g/mol. The zero-order chi connectivity index (χ0) is 19.9. The first-order valence-corrected chi connectivity index (χ1v) is 8.77. The summed E-state index contributed by atoms with van der Waals surface area (Å²) in [5, 5.41) is 7.15. The third kappa shape index (κ3) is 3.28. The van der Waals surface area contributed by atoms with E-state index >= 15 is 0 Å². The normalized spacial score (nSPS) is 16.6. The second kappa shape index (κ2) is 6.81. The summed E-state index contributed by atoms with van der Waals surface area (Å²) in [4.78, 5) is 16.7. The van der Waals surface area contributed by atoms with Gasteiger partial charge in [0.25, 0.3) is 5.91 Å². The Hall–Kier alpha value is -3.10. The van der Waals surface area contributed by atoms with E-state index in [2.05, 4.69) is 15.4 Å². The van der Waals surface area contributed by atoms with Crippen LogP contribution in [0.15, 0.2) is 41.3 Å². The third-order valence-corrected chi connectivity index (χ3v) is 4.92. The van der Waals surface area contributed by atoms with Crippen molar-refractivity contribution >= 4 is 5.91 Å². The van der Waals surface area contributed by atoms with E-state index < -0.39 is 17.6 Å². The van der Waals surface area contributed by atoms with Gasteiger partial charge >= 0.3 is 6.18 Å². The van der Waals surface area contributed by atoms with Crippen LogP contribution in [0.3, 0.4) is 0 Å². The van der Waals surface area contributed by atoms with E-state index in [-0.39, 0.29) is 23.1 Å². The summed E-state index contributed by atoms with van der Waals surface area (Å²) >= 11 is 0. The predicted octanol–water partition coefficient (Wildman–Crippen LogP) is 3.90. The van der Waals surface area contributed by atoms with Crippen molar-refractivity contribution in [1.29, 1.82) is 0 Å². The summed E-state index contributed by atoms with van der Waals surface area (Å²) in [6, 6.07) is 4.40. The van der Waals surface area contributed by atoms with Gasteiger partial charge in [0.2, 0.25) is 0 Å². The van der Waals surface area contributed by atoms with Crippen molar-refractivity contribution in [2.45, 2.75) is 31.5 Å². The summed E-state index contributed by atoms with van der Waals surface area (Å²) < 4.78 is 46.0. The Bertz CT molecular complexity index is 1020. The highest BCUT2D eigenvalue weighted by molar-refractivity contribution is 5.97. The van der Waals surface area contributed by atoms with Crippen LogP contribution < -0.4 is 5.32 Å². The fourth-order valence-electron chi connectivity index (χ4n) is 3.53. The average Bonchev–Trinajstić information content (AvgIpc) is 3.29. The number of hydrogen-bond donors (Lipinski definition) is 1. The molecule has 2 heterocycles. The molecule has 0 saturated heterocycles. The monoisotopic (exact) mass is 390 g/mol. The summed E-state index contributed by atoms with van der Waals surface area (Å²) in [6.45, 7) is 0. The molecule has 3 aromatic rings. The van der Waals surface area contributed by atoms with Crippen LogP contribution in [0.5, 0.6) is 0 Å². The van der Waals surface area contributed by atoms with Gasteiger partial charge in [-0.2, -0.15) is 18.3 Å². The van der Waals surface area contributed by atoms with Crippen molar-refractivity contribution in [3.8, 4) is 11.3 Å². The molecule has 0 spiro atoms. The molecule has 1 amide bonds. The summed E-state index contributed by atoms with van der Waals surface area (Å²) in [6.07, 6.45) is 0.837. The maximum Gasteiger partial charge on any atom is 0.416 e. The van der Waals surface area contributed by atoms with Gasteiger partial charge in [-0.25, -0.2) is 4.98 Å². The maximum atomic E-state index is 13.0. The number of fused-ring (bicyclic) bond motifs is 1. The van der Waals surface area contributed by atoms with E-state index in [0.29, 0.717) is 0 Å². The molecule has 1 aliphatic carbocycles. The van der Waals surface area contributed by atoms with Gasteiger partial charge in [0.1, 0.15) is 0 Å². The molecule has 1 N–H and O–H groups in total. The molecule has 0 bridgehead atoms. The van der Waals surface area contributed by atoms with Gasteiger partial charge in [-0.1, -0.05) is 12.1 Å². The lowest BCUT2D eigenvalue weighted by Crippen LogP contribution is -2.31. The maximum absolute atomic E-state index is 13.0. The first-order valence-electron chi connectivity index (χ1n) is 8.77. The van der Waals surface area contributed by atoms with E-state index in [1.807, 2.05) is 7.05 Å². The first-order chi connectivity index (χ1) is 13.3. The number of aromatic nitrogens is 3. The SMILES string of the molecule is Cn1ncc2c1CCCC2NC(=O)c1ncoc1-c1cccc(C(F)(F)F)c1. The Morgan fingerprint density at radius 2 is 2.18 bits per heavy atom. The highest BCUT2D eigenvalue weighted by atomic mass is 19.4. The molecule has 0 fully saturated rings. The molecule has 1 unspecified atom stereocenters. The fourth-order valence-corrected chi connectivity index (χ4v) is 3.53. The second-order valence-corrected chi connectivity index (χ2v) is 6.70. The number of alkyl halides is 3. The zero-order valence-corrected chi connectivity index (χ0v) is 15.0. The minimum absolute atomic E-state index is 0.00539. The van der Waals surface area contributed by atoms with E-state index in [9.17, 15) is 18.0 Å². The molecule has 1 aliphatic rings. The summed E-state index contributed by atoms with van der Waals surface area (Å²) in [5.41, 5.74) is 1.29. The van der Waals surface area contributed by atoms with Crippen LogP contribution in [0, 0.1) is 0 Å². The largest absolute Gasteiger partial charge is 0.443 e. The number of halogens is 3. The summed E-state index contributed by atoms with van der Waals surface area (Å²) in [5.74, 6) is -0.492. The quantitative estimate of drug-likeness (QED) is 0.736. The Morgan fingerprint density at radius 3 is 2.96 bits per heavy atom. The zero-order valence-electron chi connectivity index (χ0n) is 15.0. The van der Waals surface area contributed by atoms with Crippen LogP contribution in [0.1, 0.15) is 46.2 Å². The third-order valence-electron chi connectivity index (χ3n) is 4.92. The molecule has 1 aromatic carbocycles. The van der Waals surface area contributed by atoms with Gasteiger partial charge in [0.15, 0.2) is 17.8 Å². The summed E-state index contributed by atoms with van der Waals surface area (Å²) in [7, 11) is 1.85. The Kier molecular flexibility index (Phi) is 4.44. The number of oxazole rings is 1. The highest BCUT2D eigenvalue weighted by Gasteiger charge is 2.32. The van der Waals surface area contributed by atoms with Gasteiger partial charge in [-0.05, 0) is 31.4 Å². The van der Waals surface area contributed by atoms with Crippen LogP contribution in [0.2, 0.25) is 0 Å². The van der Waals surface area contributed by atoms with E-state index in [4.69, 9.17) is 4.42 Å². The Morgan fingerprint density at radius 1 is 1.36 bits per heavy atom. The molecule has 9 heteroatoms. The number of aryl methyl sites for hydroxylation is 1. The number of amides is 1. The van der Waals surface area contributed by atoms with Crippen LogP contribution in [-0.4, -0.2) is 20.7 Å². The van der Waals surface area contributed by atoms with Crippen LogP contribution in [0.4, 0.5) is 13.2 Å². The Labute approximate surface area is 158 Å². The molecule has 146 valence electrons. The van der Waals surface area contributed by atoms with Gasteiger partial charge in [0.05, 0.1) is 17.8 Å². The molecule has 4 rings (SSSR count). The molecular formula is C19H17F3N4O2. The molecule has 1 atom stereocenters. The van der Waals surface area contributed by atoms with E-state index in [0.717, 1.165) is 49.0 Å². The van der Waals surface area contributed by atoms with Crippen molar-refractivity contribution in [3.05, 3.63) is 59.4 Å². The van der Waals surface area contributed by atoms with Crippen molar-refractivity contribution in [2.75, 3.05) is 0 Å². The van der Waals surface area contributed by atoms with E-state index in [1.54, 1.807) is 10.9 Å². The van der Waals surface area contributed by atoms with Crippen LogP contribution >= 0.6 is 0 Å². The lowest BCUT2D eigenvalue weighted by atomic mass is 9.93. The molecule has 6 nitrogen and oxygen atoms in total. The molecule has 0 saturated carbocycles. The van der Waals surface area contributed by atoms with Gasteiger partial charge in [0, 0.05) is 23.9 Å². The smallest absolute Gasteiger partial charge is 0.416 e. The number of nitrogens with one attached hydrogen (secondary N) is 1. The van der Waals surface area contributed by atoms with E-state index in [1.165, 1.54) is 12.1 Å². The lowest BCUT2D eigenvalue weighted by molar-refractivity contribution is -0.137. The molecular weight excluding hydrogens is 373 g/mol. The van der Waals surface area contributed by atoms with Gasteiger partial charge < -0.3 is 9.73 Å². The van der Waals surface area contributed by atoms with Crippen LogP contribution in [0.25, 0.3) is 11.3 Å². The fraction of sp³-hybridized carbons (Fsp3) is 0.316. The minimum Gasteiger partial charge on any atom is -0.443 e. The van der Waals surface area contributed by atoms with Crippen molar-refractivity contribution in [3.63, 3.8) is 0 Å². The lowest BCUT2D eigenvalue weighted by Gasteiger charge is -2.23. The first kappa shape index (κ1) is 18.3. The predicted molar refractivity (Wildman–Crippen MR) is 93.3 cm³/mol. The standard InChI is InChI=1S/C19H17F3N4O2/c1-26-15-7-3-6-14(13(15)9-24-26)25-18(27)16-17(28-10-23-16)11-4-2-5-12(8-11)19(20,21)22/h2,4-5,8-10,14H,3,6-7H2,1H3,(H,25,27). The molecule has 0 aliphatic heterocycles. The number of nitrogens with zero attached hydrogens (tertiary/aromatic N) is 3. The van der Waals surface area contributed by atoms with Crippen molar-refractivity contribution in [2.24, 2.45) is 7.05 Å².